The number of nitrogens with zero attached hydrogens (tertiary/aromatic N) is 1. The lowest BCUT2D eigenvalue weighted by atomic mass is 10.5. The predicted molar refractivity (Wildman–Crippen MR) is 44.6 cm³/mol. The summed E-state index contributed by atoms with van der Waals surface area (Å²) in [4.78, 5) is 14.8. The number of thiazole rings is 1. The summed E-state index contributed by atoms with van der Waals surface area (Å²) >= 11 is 1.15. The zero-order chi connectivity index (χ0) is 8.43. The van der Waals surface area contributed by atoms with E-state index in [9.17, 15) is 4.79 Å². The molecular formula is C5H8N4OS. The molecule has 1 heterocycles. The van der Waals surface area contributed by atoms with Gasteiger partial charge in [0.25, 0.3) is 5.91 Å². The number of nitrogens with two attached hydrogens (primary N) is 2. The van der Waals surface area contributed by atoms with Crippen LogP contribution in [0.1, 0.15) is 9.67 Å². The molecule has 0 bridgehead atoms. The first-order chi connectivity index (χ1) is 5.15. The third kappa shape index (κ3) is 1.40. The summed E-state index contributed by atoms with van der Waals surface area (Å²) in [5, 5.41) is 3.36. The van der Waals surface area contributed by atoms with Crippen LogP contribution in [0.3, 0.4) is 0 Å². The fourth-order valence-electron chi connectivity index (χ4n) is 0.615. The number of primary amides is 1. The van der Waals surface area contributed by atoms with Crippen molar-refractivity contribution < 1.29 is 4.79 Å². The first-order valence-corrected chi connectivity index (χ1v) is 3.70. The molecule has 0 spiro atoms. The highest BCUT2D eigenvalue weighted by atomic mass is 32.1. The van der Waals surface area contributed by atoms with Crippen molar-refractivity contribution in [1.82, 2.24) is 4.98 Å². The van der Waals surface area contributed by atoms with E-state index in [2.05, 4.69) is 10.3 Å². The number of nitrogens with one attached hydrogen (secondary N) is 1. The van der Waals surface area contributed by atoms with Crippen molar-refractivity contribution in [3.8, 4) is 0 Å². The number of amides is 1. The lowest BCUT2D eigenvalue weighted by molar-refractivity contribution is 0.100. The second-order valence-corrected chi connectivity index (χ2v) is 2.85. The van der Waals surface area contributed by atoms with E-state index in [1.807, 2.05) is 0 Å². The number of anilines is 2. The van der Waals surface area contributed by atoms with Crippen LogP contribution >= 0.6 is 11.3 Å². The smallest absolute Gasteiger partial charge is 0.262 e. The summed E-state index contributed by atoms with van der Waals surface area (Å²) in [7, 11) is 1.70. The van der Waals surface area contributed by atoms with Gasteiger partial charge in [0.2, 0.25) is 0 Å². The molecule has 0 aromatic carbocycles. The number of carbonyl (C=O) groups excluding carboxylic acids is 1. The quantitative estimate of drug-likeness (QED) is 0.579. The standard InChI is InChI=1S/C5H8N4OS/c1-8-5-9-3(6)2(11-5)4(7)10/h6H2,1H3,(H2,7,10)(H,8,9). The topological polar surface area (TPSA) is 94.0 Å². The van der Waals surface area contributed by atoms with E-state index in [1.54, 1.807) is 7.05 Å². The number of hydrogen-bond acceptors (Lipinski definition) is 5. The summed E-state index contributed by atoms with van der Waals surface area (Å²) in [5.41, 5.74) is 10.4. The van der Waals surface area contributed by atoms with Gasteiger partial charge in [0.1, 0.15) is 10.7 Å². The number of aromatic nitrogens is 1. The third-order valence-corrected chi connectivity index (χ3v) is 2.19. The normalized spacial score (nSPS) is 9.55. The molecule has 0 atom stereocenters. The van der Waals surface area contributed by atoms with Crippen LogP contribution < -0.4 is 16.8 Å². The molecule has 0 unspecified atom stereocenters. The highest BCUT2D eigenvalue weighted by Crippen LogP contribution is 2.23. The van der Waals surface area contributed by atoms with Crippen molar-refractivity contribution in [2.45, 2.75) is 0 Å². The molecule has 1 aromatic heterocycles. The summed E-state index contributed by atoms with van der Waals surface area (Å²) in [6.07, 6.45) is 0. The molecule has 1 amide bonds. The van der Waals surface area contributed by atoms with E-state index >= 15 is 0 Å². The molecule has 1 rings (SSSR count). The summed E-state index contributed by atoms with van der Waals surface area (Å²) in [5.74, 6) is -0.353. The van der Waals surface area contributed by atoms with Crippen molar-refractivity contribution in [1.29, 1.82) is 0 Å². The first kappa shape index (κ1) is 7.80. The Kier molecular flexibility index (Phi) is 1.95. The van der Waals surface area contributed by atoms with Gasteiger partial charge in [-0.15, -0.1) is 0 Å². The van der Waals surface area contributed by atoms with Gasteiger partial charge in [0, 0.05) is 7.05 Å². The van der Waals surface area contributed by atoms with Crippen LogP contribution in [0.4, 0.5) is 10.9 Å². The Hall–Kier alpha value is -1.30. The van der Waals surface area contributed by atoms with Crippen LogP contribution in [0.2, 0.25) is 0 Å². The maximum Gasteiger partial charge on any atom is 0.262 e. The van der Waals surface area contributed by atoms with E-state index < -0.39 is 5.91 Å². The highest BCUT2D eigenvalue weighted by Gasteiger charge is 2.11. The molecule has 0 aliphatic rings. The Morgan fingerprint density at radius 3 is 2.64 bits per heavy atom. The molecule has 0 saturated carbocycles. The van der Waals surface area contributed by atoms with Crippen molar-refractivity contribution in [2.75, 3.05) is 18.1 Å². The largest absolute Gasteiger partial charge is 0.382 e. The fraction of sp³-hybridized carbons (Fsp3) is 0.200. The molecule has 60 valence electrons. The minimum Gasteiger partial charge on any atom is -0.382 e. The lowest BCUT2D eigenvalue weighted by Gasteiger charge is -1.86. The average molecular weight is 172 g/mol. The van der Waals surface area contributed by atoms with Gasteiger partial charge in [-0.25, -0.2) is 4.98 Å². The first-order valence-electron chi connectivity index (χ1n) is 2.89. The minimum absolute atomic E-state index is 0.187. The number of nitrogen functional groups attached to an aromatic ring is 1. The average Bonchev–Trinajstić information content (AvgIpc) is 2.30. The molecule has 0 radical (unpaired) electrons. The van der Waals surface area contributed by atoms with Gasteiger partial charge in [-0.1, -0.05) is 11.3 Å². The van der Waals surface area contributed by atoms with Gasteiger partial charge < -0.3 is 16.8 Å². The van der Waals surface area contributed by atoms with Gasteiger partial charge in [-0.2, -0.15) is 0 Å². The van der Waals surface area contributed by atoms with Gasteiger partial charge in [0.15, 0.2) is 5.13 Å². The van der Waals surface area contributed by atoms with Gasteiger partial charge in [0.05, 0.1) is 0 Å². The highest BCUT2D eigenvalue weighted by molar-refractivity contribution is 7.18. The Morgan fingerprint density at radius 1 is 1.73 bits per heavy atom. The molecule has 0 aliphatic carbocycles. The van der Waals surface area contributed by atoms with Crippen LogP contribution in [0.15, 0.2) is 0 Å². The number of carbonyl (C=O) groups is 1. The molecule has 6 heteroatoms. The van der Waals surface area contributed by atoms with E-state index in [1.165, 1.54) is 0 Å². The summed E-state index contributed by atoms with van der Waals surface area (Å²) in [6, 6.07) is 0. The minimum atomic E-state index is -0.540. The van der Waals surface area contributed by atoms with Gasteiger partial charge in [-0.05, 0) is 0 Å². The summed E-state index contributed by atoms with van der Waals surface area (Å²) in [6.45, 7) is 0. The zero-order valence-corrected chi connectivity index (χ0v) is 6.73. The van der Waals surface area contributed by atoms with Crippen LogP contribution in [0.25, 0.3) is 0 Å². The van der Waals surface area contributed by atoms with Crippen molar-refractivity contribution in [3.63, 3.8) is 0 Å². The number of rotatable bonds is 2. The Balaban J connectivity index is 3.07. The maximum absolute atomic E-state index is 10.6. The van der Waals surface area contributed by atoms with Crippen molar-refractivity contribution >= 4 is 28.2 Å². The predicted octanol–water partition coefficient (Wildman–Crippen LogP) is -0.134. The van der Waals surface area contributed by atoms with E-state index in [-0.39, 0.29) is 5.82 Å². The zero-order valence-electron chi connectivity index (χ0n) is 5.92. The molecule has 11 heavy (non-hydrogen) atoms. The monoisotopic (exact) mass is 172 g/mol. The molecule has 0 aliphatic heterocycles. The molecule has 5 nitrogen and oxygen atoms in total. The third-order valence-electron chi connectivity index (χ3n) is 1.09. The molecule has 0 fully saturated rings. The second kappa shape index (κ2) is 2.75. The van der Waals surface area contributed by atoms with Crippen molar-refractivity contribution in [3.05, 3.63) is 4.88 Å². The second-order valence-electron chi connectivity index (χ2n) is 1.85. The van der Waals surface area contributed by atoms with Crippen LogP contribution in [0.5, 0.6) is 0 Å². The Labute approximate surface area is 67.4 Å². The summed E-state index contributed by atoms with van der Waals surface area (Å²) < 4.78 is 0. The molecule has 1 aromatic rings. The Morgan fingerprint density at radius 2 is 2.36 bits per heavy atom. The van der Waals surface area contributed by atoms with E-state index in [0.717, 1.165) is 11.3 Å². The number of hydrogen-bond donors (Lipinski definition) is 3. The molecule has 0 saturated heterocycles. The lowest BCUT2D eigenvalue weighted by Crippen LogP contribution is -2.10. The molecule has 5 N–H and O–H groups in total. The SMILES string of the molecule is CNc1nc(N)c(C(N)=O)s1. The van der Waals surface area contributed by atoms with Gasteiger partial charge >= 0.3 is 0 Å². The van der Waals surface area contributed by atoms with Crippen LogP contribution in [0, 0.1) is 0 Å². The maximum atomic E-state index is 10.6. The van der Waals surface area contributed by atoms with E-state index in [0.29, 0.717) is 10.0 Å². The van der Waals surface area contributed by atoms with Gasteiger partial charge in [-0.3, -0.25) is 4.79 Å². The molecular weight excluding hydrogens is 164 g/mol. The van der Waals surface area contributed by atoms with Crippen molar-refractivity contribution in [2.24, 2.45) is 5.73 Å². The van der Waals surface area contributed by atoms with Crippen LogP contribution in [-0.2, 0) is 0 Å². The Bertz CT molecular complexity index is 282. The fourth-order valence-corrected chi connectivity index (χ4v) is 1.31. The van der Waals surface area contributed by atoms with Crippen LogP contribution in [-0.4, -0.2) is 17.9 Å². The van der Waals surface area contributed by atoms with E-state index in [4.69, 9.17) is 11.5 Å².